The van der Waals surface area contributed by atoms with E-state index in [1.807, 2.05) is 0 Å². The Morgan fingerprint density at radius 1 is 1.33 bits per heavy atom. The van der Waals surface area contributed by atoms with Gasteiger partial charge in [-0.2, -0.15) is 0 Å². The van der Waals surface area contributed by atoms with Gasteiger partial charge in [-0.05, 0) is 18.9 Å². The second-order valence-electron chi connectivity index (χ2n) is 4.66. The summed E-state index contributed by atoms with van der Waals surface area (Å²) in [6.07, 6.45) is 0.544. The van der Waals surface area contributed by atoms with Crippen LogP contribution in [0.25, 0.3) is 0 Å². The van der Waals surface area contributed by atoms with E-state index in [-0.39, 0.29) is 0 Å². The van der Waals surface area contributed by atoms with Crippen molar-refractivity contribution < 1.29 is 4.74 Å². The molecular formula is C10H19NO. The molecular weight excluding hydrogens is 150 g/mol. The highest BCUT2D eigenvalue weighted by atomic mass is 16.5. The van der Waals surface area contributed by atoms with E-state index in [0.717, 1.165) is 30.9 Å². The standard InChI is InChI=1S/C10H19NO/c1-7(2)9-6-12-10-5-11(3)4-8(9)10/h7-10H,4-6H2,1-3H3. The van der Waals surface area contributed by atoms with Crippen LogP contribution in [-0.2, 0) is 4.74 Å². The second-order valence-corrected chi connectivity index (χ2v) is 4.66. The fourth-order valence-corrected chi connectivity index (χ4v) is 2.63. The van der Waals surface area contributed by atoms with Crippen LogP contribution in [0, 0.1) is 17.8 Å². The second kappa shape index (κ2) is 3.00. The Kier molecular flexibility index (Phi) is 2.13. The van der Waals surface area contributed by atoms with Crippen molar-refractivity contribution >= 4 is 0 Å². The Morgan fingerprint density at radius 2 is 2.08 bits per heavy atom. The maximum atomic E-state index is 5.78. The molecule has 0 amide bonds. The number of ether oxygens (including phenoxy) is 1. The van der Waals surface area contributed by atoms with E-state index in [1.54, 1.807) is 0 Å². The van der Waals surface area contributed by atoms with Crippen LogP contribution in [0.2, 0.25) is 0 Å². The number of nitrogens with zero attached hydrogens (tertiary/aromatic N) is 1. The van der Waals surface area contributed by atoms with Crippen LogP contribution in [0.4, 0.5) is 0 Å². The van der Waals surface area contributed by atoms with Crippen LogP contribution < -0.4 is 0 Å². The number of hydrogen-bond donors (Lipinski definition) is 0. The van der Waals surface area contributed by atoms with Gasteiger partial charge in [0, 0.05) is 19.0 Å². The molecule has 0 radical (unpaired) electrons. The molecule has 0 bridgehead atoms. The van der Waals surface area contributed by atoms with Crippen molar-refractivity contribution in [2.24, 2.45) is 17.8 Å². The van der Waals surface area contributed by atoms with Crippen molar-refractivity contribution in [2.75, 3.05) is 26.7 Å². The van der Waals surface area contributed by atoms with Gasteiger partial charge in [-0.3, -0.25) is 0 Å². The predicted molar refractivity (Wildman–Crippen MR) is 49.1 cm³/mol. The summed E-state index contributed by atoms with van der Waals surface area (Å²) in [4.78, 5) is 2.39. The van der Waals surface area contributed by atoms with Crippen molar-refractivity contribution in [3.05, 3.63) is 0 Å². The number of fused-ring (bicyclic) bond motifs is 1. The summed E-state index contributed by atoms with van der Waals surface area (Å²) in [7, 11) is 2.19. The lowest BCUT2D eigenvalue weighted by molar-refractivity contribution is 0.0958. The average molecular weight is 169 g/mol. The van der Waals surface area contributed by atoms with Crippen molar-refractivity contribution in [3.8, 4) is 0 Å². The zero-order valence-corrected chi connectivity index (χ0v) is 8.29. The fourth-order valence-electron chi connectivity index (χ4n) is 2.63. The molecule has 3 atom stereocenters. The Labute approximate surface area is 74.9 Å². The summed E-state index contributed by atoms with van der Waals surface area (Å²) in [6.45, 7) is 8.02. The Balaban J connectivity index is 2.03. The highest BCUT2D eigenvalue weighted by Gasteiger charge is 2.43. The summed E-state index contributed by atoms with van der Waals surface area (Å²) < 4.78 is 5.78. The highest BCUT2D eigenvalue weighted by molar-refractivity contribution is 4.93. The third-order valence-electron chi connectivity index (χ3n) is 3.40. The molecule has 2 rings (SSSR count). The largest absolute Gasteiger partial charge is 0.376 e. The SMILES string of the molecule is CC(C)C1COC2CN(C)CC21. The Bertz CT molecular complexity index is 169. The molecule has 2 fully saturated rings. The van der Waals surface area contributed by atoms with Gasteiger partial charge in [0.1, 0.15) is 0 Å². The molecule has 0 saturated carbocycles. The van der Waals surface area contributed by atoms with Gasteiger partial charge < -0.3 is 9.64 Å². The normalized spacial score (nSPS) is 42.5. The molecule has 0 aliphatic carbocycles. The van der Waals surface area contributed by atoms with Gasteiger partial charge in [0.2, 0.25) is 0 Å². The lowest BCUT2D eigenvalue weighted by Crippen LogP contribution is -2.23. The zero-order valence-electron chi connectivity index (χ0n) is 8.29. The highest BCUT2D eigenvalue weighted by Crippen LogP contribution is 2.36. The van der Waals surface area contributed by atoms with Gasteiger partial charge >= 0.3 is 0 Å². The van der Waals surface area contributed by atoms with E-state index in [4.69, 9.17) is 4.74 Å². The van der Waals surface area contributed by atoms with Gasteiger partial charge in [0.25, 0.3) is 0 Å². The number of hydrogen-bond acceptors (Lipinski definition) is 2. The first-order valence-corrected chi connectivity index (χ1v) is 4.98. The summed E-state index contributed by atoms with van der Waals surface area (Å²) in [5, 5.41) is 0. The van der Waals surface area contributed by atoms with E-state index in [0.29, 0.717) is 6.10 Å². The van der Waals surface area contributed by atoms with Gasteiger partial charge in [0.05, 0.1) is 12.7 Å². The van der Waals surface area contributed by atoms with Gasteiger partial charge in [0.15, 0.2) is 0 Å². The maximum Gasteiger partial charge on any atom is 0.0745 e. The topological polar surface area (TPSA) is 12.5 Å². The van der Waals surface area contributed by atoms with Crippen LogP contribution in [-0.4, -0.2) is 37.7 Å². The van der Waals surface area contributed by atoms with Crippen LogP contribution >= 0.6 is 0 Å². The quantitative estimate of drug-likeness (QED) is 0.585. The molecule has 2 heterocycles. The molecule has 2 aliphatic rings. The van der Waals surface area contributed by atoms with Crippen molar-refractivity contribution in [1.82, 2.24) is 4.90 Å². The fraction of sp³-hybridized carbons (Fsp3) is 1.00. The summed E-state index contributed by atoms with van der Waals surface area (Å²) >= 11 is 0. The van der Waals surface area contributed by atoms with Crippen LogP contribution in [0.3, 0.4) is 0 Å². The molecule has 2 nitrogen and oxygen atoms in total. The number of likely N-dealkylation sites (tertiary alicyclic amines) is 1. The zero-order chi connectivity index (χ0) is 8.72. The molecule has 2 saturated heterocycles. The van der Waals surface area contributed by atoms with Gasteiger partial charge in [-0.1, -0.05) is 13.8 Å². The summed E-state index contributed by atoms with van der Waals surface area (Å²) in [5.41, 5.74) is 0. The van der Waals surface area contributed by atoms with Crippen molar-refractivity contribution in [1.29, 1.82) is 0 Å². The lowest BCUT2D eigenvalue weighted by atomic mass is 9.84. The average Bonchev–Trinajstić information content (AvgIpc) is 2.43. The molecule has 0 aromatic heterocycles. The summed E-state index contributed by atoms with van der Waals surface area (Å²) in [6, 6.07) is 0. The van der Waals surface area contributed by atoms with Crippen LogP contribution in [0.1, 0.15) is 13.8 Å². The Hall–Kier alpha value is -0.0800. The summed E-state index contributed by atoms with van der Waals surface area (Å²) in [5.74, 6) is 2.40. The van der Waals surface area contributed by atoms with Gasteiger partial charge in [-0.25, -0.2) is 0 Å². The minimum Gasteiger partial charge on any atom is -0.376 e. The predicted octanol–water partition coefficient (Wildman–Crippen LogP) is 1.22. The van der Waals surface area contributed by atoms with E-state index in [1.165, 1.54) is 6.54 Å². The van der Waals surface area contributed by atoms with E-state index >= 15 is 0 Å². The molecule has 2 heteroatoms. The maximum absolute atomic E-state index is 5.78. The molecule has 0 spiro atoms. The Morgan fingerprint density at radius 3 is 2.75 bits per heavy atom. The minimum atomic E-state index is 0.544. The third-order valence-corrected chi connectivity index (χ3v) is 3.40. The molecule has 12 heavy (non-hydrogen) atoms. The first kappa shape index (κ1) is 8.52. The van der Waals surface area contributed by atoms with Crippen molar-refractivity contribution in [3.63, 3.8) is 0 Å². The first-order valence-electron chi connectivity index (χ1n) is 4.98. The molecule has 70 valence electrons. The number of rotatable bonds is 1. The third kappa shape index (κ3) is 1.27. The van der Waals surface area contributed by atoms with Gasteiger partial charge in [-0.15, -0.1) is 0 Å². The molecule has 0 aromatic rings. The monoisotopic (exact) mass is 169 g/mol. The van der Waals surface area contributed by atoms with Crippen molar-refractivity contribution in [2.45, 2.75) is 20.0 Å². The van der Waals surface area contributed by atoms with E-state index in [2.05, 4.69) is 25.8 Å². The van der Waals surface area contributed by atoms with E-state index in [9.17, 15) is 0 Å². The molecule has 0 N–H and O–H groups in total. The lowest BCUT2D eigenvalue weighted by Gasteiger charge is -2.19. The van der Waals surface area contributed by atoms with Crippen LogP contribution in [0.15, 0.2) is 0 Å². The number of likely N-dealkylation sites (N-methyl/N-ethyl adjacent to an activating group) is 1. The first-order chi connectivity index (χ1) is 5.68. The molecule has 3 unspecified atom stereocenters. The van der Waals surface area contributed by atoms with E-state index < -0.39 is 0 Å². The smallest absolute Gasteiger partial charge is 0.0745 e. The molecule has 2 aliphatic heterocycles. The molecule has 0 aromatic carbocycles. The van der Waals surface area contributed by atoms with Crippen LogP contribution in [0.5, 0.6) is 0 Å². The minimum absolute atomic E-state index is 0.544.